The van der Waals surface area contributed by atoms with Gasteiger partial charge in [0.2, 0.25) is 5.91 Å². The summed E-state index contributed by atoms with van der Waals surface area (Å²) in [5.41, 5.74) is -0.666. The van der Waals surface area contributed by atoms with E-state index in [2.05, 4.69) is 0 Å². The van der Waals surface area contributed by atoms with E-state index in [4.69, 9.17) is 4.74 Å². The lowest BCUT2D eigenvalue weighted by Crippen LogP contribution is -2.52. The van der Waals surface area contributed by atoms with Gasteiger partial charge in [0, 0.05) is 13.6 Å². The van der Waals surface area contributed by atoms with Crippen LogP contribution in [0.5, 0.6) is 0 Å². The second kappa shape index (κ2) is 7.68. The molecule has 0 spiro atoms. The fourth-order valence-electron chi connectivity index (χ4n) is 2.48. The second-order valence-electron chi connectivity index (χ2n) is 7.44. The molecule has 0 saturated carbocycles. The molecule has 0 fully saturated rings. The van der Waals surface area contributed by atoms with Crippen molar-refractivity contribution in [3.8, 4) is 0 Å². The molecule has 0 aromatic carbocycles. The number of rotatable bonds is 5. The van der Waals surface area contributed by atoms with Gasteiger partial charge in [-0.05, 0) is 33.1 Å². The number of nitrogens with zero attached hydrogens (tertiary/aromatic N) is 2. The maximum Gasteiger partial charge on any atom is 0.411 e. The summed E-state index contributed by atoms with van der Waals surface area (Å²) >= 11 is 0. The SMILES string of the molecule is CC(C)C[C@H](C(=O)O)N(C)C(=O)[C@@H]1C=CCN1C(=O)OC(C)(C)C. The smallest absolute Gasteiger partial charge is 0.411 e. The zero-order chi connectivity index (χ0) is 18.7. The number of carbonyl (C=O) groups is 3. The van der Waals surface area contributed by atoms with Gasteiger partial charge in [0.15, 0.2) is 0 Å². The number of carboxylic acids is 1. The molecule has 1 rings (SSSR count). The maximum absolute atomic E-state index is 12.7. The standard InChI is InChI=1S/C17H28N2O5/c1-11(2)10-13(15(21)22)18(6)14(20)12-8-7-9-19(12)16(23)24-17(3,4)5/h7-8,11-13H,9-10H2,1-6H3,(H,21,22)/t12-,13+/m0/s1. The highest BCUT2D eigenvalue weighted by molar-refractivity contribution is 5.91. The number of hydrogen-bond acceptors (Lipinski definition) is 4. The molecule has 0 unspecified atom stereocenters. The lowest BCUT2D eigenvalue weighted by Gasteiger charge is -2.32. The summed E-state index contributed by atoms with van der Waals surface area (Å²) in [6, 6.07) is -1.76. The van der Waals surface area contributed by atoms with E-state index in [1.165, 1.54) is 16.8 Å². The lowest BCUT2D eigenvalue weighted by atomic mass is 10.0. The van der Waals surface area contributed by atoms with Crippen molar-refractivity contribution < 1.29 is 24.2 Å². The Labute approximate surface area is 143 Å². The molecule has 0 aromatic heterocycles. The third-order valence-corrected chi connectivity index (χ3v) is 3.63. The summed E-state index contributed by atoms with van der Waals surface area (Å²) in [4.78, 5) is 39.0. The first-order chi connectivity index (χ1) is 10.9. The first-order valence-electron chi connectivity index (χ1n) is 8.09. The third kappa shape index (κ3) is 5.25. The number of amides is 2. The van der Waals surface area contributed by atoms with E-state index in [1.807, 2.05) is 13.8 Å². The van der Waals surface area contributed by atoms with Crippen LogP contribution in [0.1, 0.15) is 41.0 Å². The molecule has 24 heavy (non-hydrogen) atoms. The molecule has 7 heteroatoms. The highest BCUT2D eigenvalue weighted by atomic mass is 16.6. The number of carbonyl (C=O) groups excluding carboxylic acids is 2. The molecule has 1 aliphatic heterocycles. The highest BCUT2D eigenvalue weighted by Gasteiger charge is 2.38. The summed E-state index contributed by atoms with van der Waals surface area (Å²) < 4.78 is 5.31. The van der Waals surface area contributed by atoms with Gasteiger partial charge < -0.3 is 14.7 Å². The van der Waals surface area contributed by atoms with Crippen LogP contribution in [0.15, 0.2) is 12.2 Å². The van der Waals surface area contributed by atoms with Crippen molar-refractivity contribution in [1.29, 1.82) is 0 Å². The Morgan fingerprint density at radius 2 is 1.92 bits per heavy atom. The molecule has 1 N–H and O–H groups in total. The number of aliphatic carboxylic acids is 1. The molecule has 7 nitrogen and oxygen atoms in total. The minimum atomic E-state index is -1.05. The maximum atomic E-state index is 12.7. The summed E-state index contributed by atoms with van der Waals surface area (Å²) in [7, 11) is 1.46. The monoisotopic (exact) mass is 340 g/mol. The van der Waals surface area contributed by atoms with Crippen molar-refractivity contribution in [3.63, 3.8) is 0 Å². The Morgan fingerprint density at radius 3 is 2.38 bits per heavy atom. The first-order valence-corrected chi connectivity index (χ1v) is 8.09. The zero-order valence-corrected chi connectivity index (χ0v) is 15.3. The fraction of sp³-hybridized carbons (Fsp3) is 0.706. The van der Waals surface area contributed by atoms with E-state index >= 15 is 0 Å². The van der Waals surface area contributed by atoms with Crippen molar-refractivity contribution in [3.05, 3.63) is 12.2 Å². The van der Waals surface area contributed by atoms with Gasteiger partial charge in [-0.25, -0.2) is 9.59 Å². The molecule has 1 aliphatic rings. The predicted octanol–water partition coefficient (Wildman–Crippen LogP) is 2.12. The molecule has 136 valence electrons. The summed E-state index contributed by atoms with van der Waals surface area (Å²) in [6.07, 6.45) is 3.07. The van der Waals surface area contributed by atoms with Crippen LogP contribution in [-0.4, -0.2) is 64.2 Å². The molecule has 0 radical (unpaired) electrons. The van der Waals surface area contributed by atoms with Crippen LogP contribution in [0.4, 0.5) is 4.79 Å². The zero-order valence-electron chi connectivity index (χ0n) is 15.3. The van der Waals surface area contributed by atoms with E-state index in [0.717, 1.165) is 0 Å². The minimum Gasteiger partial charge on any atom is -0.480 e. The largest absolute Gasteiger partial charge is 0.480 e. The molecule has 0 aromatic rings. The second-order valence-corrected chi connectivity index (χ2v) is 7.44. The molecule has 2 atom stereocenters. The lowest BCUT2D eigenvalue weighted by molar-refractivity contribution is -0.150. The van der Waals surface area contributed by atoms with Gasteiger partial charge in [0.25, 0.3) is 0 Å². The quantitative estimate of drug-likeness (QED) is 0.775. The van der Waals surface area contributed by atoms with Gasteiger partial charge in [-0.15, -0.1) is 0 Å². The van der Waals surface area contributed by atoms with Gasteiger partial charge >= 0.3 is 12.1 Å². The van der Waals surface area contributed by atoms with E-state index < -0.39 is 35.7 Å². The molecule has 0 saturated heterocycles. The Balaban J connectivity index is 2.89. The van der Waals surface area contributed by atoms with E-state index in [9.17, 15) is 19.5 Å². The van der Waals surface area contributed by atoms with Crippen LogP contribution in [0.25, 0.3) is 0 Å². The van der Waals surface area contributed by atoms with Crippen molar-refractivity contribution >= 4 is 18.0 Å². The Bertz CT molecular complexity index is 522. The van der Waals surface area contributed by atoms with Crippen LogP contribution in [0.2, 0.25) is 0 Å². The predicted molar refractivity (Wildman–Crippen MR) is 89.5 cm³/mol. The first kappa shape index (κ1) is 20.0. The minimum absolute atomic E-state index is 0.127. The van der Waals surface area contributed by atoms with E-state index in [1.54, 1.807) is 32.9 Å². The summed E-state index contributed by atoms with van der Waals surface area (Å²) in [5, 5.41) is 9.40. The third-order valence-electron chi connectivity index (χ3n) is 3.63. The normalized spacial score (nSPS) is 18.6. The van der Waals surface area contributed by atoms with Crippen LogP contribution in [-0.2, 0) is 14.3 Å². The number of ether oxygens (including phenoxy) is 1. The Hall–Kier alpha value is -2.05. The van der Waals surface area contributed by atoms with E-state index in [0.29, 0.717) is 6.42 Å². The average molecular weight is 340 g/mol. The van der Waals surface area contributed by atoms with Crippen molar-refractivity contribution in [2.45, 2.75) is 58.7 Å². The average Bonchev–Trinajstić information content (AvgIpc) is 2.90. The molecule has 0 bridgehead atoms. The molecule has 0 aliphatic carbocycles. The Morgan fingerprint density at radius 1 is 1.33 bits per heavy atom. The molecular weight excluding hydrogens is 312 g/mol. The summed E-state index contributed by atoms with van der Waals surface area (Å²) in [5.74, 6) is -1.35. The van der Waals surface area contributed by atoms with Gasteiger partial charge in [-0.2, -0.15) is 0 Å². The summed E-state index contributed by atoms with van der Waals surface area (Å²) in [6.45, 7) is 9.32. The van der Waals surface area contributed by atoms with Gasteiger partial charge in [0.1, 0.15) is 17.7 Å². The van der Waals surface area contributed by atoms with Crippen molar-refractivity contribution in [1.82, 2.24) is 9.80 Å². The van der Waals surface area contributed by atoms with Gasteiger partial charge in [-0.1, -0.05) is 26.0 Å². The number of carboxylic acid groups (broad SMARTS) is 1. The van der Waals surface area contributed by atoms with Crippen LogP contribution in [0, 0.1) is 5.92 Å². The fourth-order valence-corrected chi connectivity index (χ4v) is 2.48. The van der Waals surface area contributed by atoms with E-state index in [-0.39, 0.29) is 12.5 Å². The molecule has 2 amide bonds. The van der Waals surface area contributed by atoms with Gasteiger partial charge in [-0.3, -0.25) is 9.69 Å². The van der Waals surface area contributed by atoms with Crippen molar-refractivity contribution in [2.24, 2.45) is 5.92 Å². The van der Waals surface area contributed by atoms with Crippen LogP contribution < -0.4 is 0 Å². The van der Waals surface area contributed by atoms with Crippen LogP contribution in [0.3, 0.4) is 0 Å². The molecular formula is C17H28N2O5. The number of hydrogen-bond donors (Lipinski definition) is 1. The van der Waals surface area contributed by atoms with Gasteiger partial charge in [0.05, 0.1) is 0 Å². The van der Waals surface area contributed by atoms with Crippen LogP contribution >= 0.6 is 0 Å². The Kier molecular flexibility index (Phi) is 6.40. The highest BCUT2D eigenvalue weighted by Crippen LogP contribution is 2.20. The topological polar surface area (TPSA) is 87.2 Å². The number of likely N-dealkylation sites (N-methyl/N-ethyl adjacent to an activating group) is 1. The van der Waals surface area contributed by atoms with Crippen molar-refractivity contribution in [2.75, 3.05) is 13.6 Å². The molecule has 1 heterocycles.